The van der Waals surface area contributed by atoms with Crippen molar-refractivity contribution in [2.45, 2.75) is 27.7 Å². The van der Waals surface area contributed by atoms with Crippen LogP contribution >= 0.6 is 0 Å². The summed E-state index contributed by atoms with van der Waals surface area (Å²) in [5.74, 6) is 0. The van der Waals surface area contributed by atoms with Crippen molar-refractivity contribution in [3.05, 3.63) is 53.9 Å². The van der Waals surface area contributed by atoms with Crippen LogP contribution in [-0.2, 0) is 0 Å². The fourth-order valence-corrected chi connectivity index (χ4v) is 0.860. The molecule has 0 bridgehead atoms. The number of aryl methyl sites for hydroxylation is 2. The van der Waals surface area contributed by atoms with Crippen molar-refractivity contribution < 1.29 is 0 Å². The zero-order chi connectivity index (χ0) is 11.5. The van der Waals surface area contributed by atoms with Crippen LogP contribution in [0.3, 0.4) is 0 Å². The van der Waals surface area contributed by atoms with Gasteiger partial charge < -0.3 is 0 Å². The van der Waals surface area contributed by atoms with Crippen LogP contribution in [0.25, 0.3) is 0 Å². The average Bonchev–Trinajstić information content (AvgIpc) is 2.74. The molecule has 0 radical (unpaired) electrons. The van der Waals surface area contributed by atoms with E-state index >= 15 is 0 Å². The third-order valence-electron chi connectivity index (χ3n) is 1.58. The predicted octanol–water partition coefficient (Wildman–Crippen LogP) is 3.74. The van der Waals surface area contributed by atoms with Gasteiger partial charge in [-0.2, -0.15) is 5.10 Å². The maximum Gasteiger partial charge on any atom is 0.0489 e. The van der Waals surface area contributed by atoms with Crippen molar-refractivity contribution in [3.8, 4) is 0 Å². The molecule has 1 heterocycles. The van der Waals surface area contributed by atoms with E-state index in [0.29, 0.717) is 0 Å². The molecule has 0 spiro atoms. The molecule has 0 saturated heterocycles. The maximum atomic E-state index is 3.70. The van der Waals surface area contributed by atoms with Gasteiger partial charge in [-0.1, -0.05) is 49.7 Å². The minimum Gasteiger partial charge on any atom is -0.283 e. The quantitative estimate of drug-likeness (QED) is 0.695. The first-order valence-electron chi connectivity index (χ1n) is 5.26. The third kappa shape index (κ3) is 7.50. The second-order valence-corrected chi connectivity index (χ2v) is 2.89. The van der Waals surface area contributed by atoms with Crippen LogP contribution in [0.5, 0.6) is 0 Å². The van der Waals surface area contributed by atoms with Gasteiger partial charge in [0.15, 0.2) is 0 Å². The fourth-order valence-electron chi connectivity index (χ4n) is 0.860. The topological polar surface area (TPSA) is 28.7 Å². The first-order valence-corrected chi connectivity index (χ1v) is 5.26. The second-order valence-electron chi connectivity index (χ2n) is 2.89. The van der Waals surface area contributed by atoms with Gasteiger partial charge in [-0.25, -0.2) is 0 Å². The molecular weight excluding hydrogens is 184 g/mol. The molecule has 0 saturated carbocycles. The van der Waals surface area contributed by atoms with Crippen LogP contribution in [0.1, 0.15) is 25.1 Å². The lowest BCUT2D eigenvalue weighted by molar-refractivity contribution is 1.05. The van der Waals surface area contributed by atoms with Crippen molar-refractivity contribution in [3.63, 3.8) is 0 Å². The Morgan fingerprint density at radius 1 is 0.933 bits per heavy atom. The number of H-pyrrole nitrogens is 1. The van der Waals surface area contributed by atoms with Gasteiger partial charge in [0.25, 0.3) is 0 Å². The monoisotopic (exact) mass is 204 g/mol. The van der Waals surface area contributed by atoms with Gasteiger partial charge in [0, 0.05) is 11.9 Å². The number of benzene rings is 1. The lowest BCUT2D eigenvalue weighted by Gasteiger charge is -1.82. The van der Waals surface area contributed by atoms with Crippen LogP contribution < -0.4 is 0 Å². The summed E-state index contributed by atoms with van der Waals surface area (Å²) in [4.78, 5) is 0. The van der Waals surface area contributed by atoms with Gasteiger partial charge in [0.2, 0.25) is 0 Å². The highest BCUT2D eigenvalue weighted by Gasteiger charge is 1.73. The summed E-state index contributed by atoms with van der Waals surface area (Å²) < 4.78 is 0. The third-order valence-corrected chi connectivity index (χ3v) is 1.58. The van der Waals surface area contributed by atoms with E-state index in [1.807, 2.05) is 45.0 Å². The van der Waals surface area contributed by atoms with E-state index in [9.17, 15) is 0 Å². The van der Waals surface area contributed by atoms with E-state index in [0.717, 1.165) is 5.69 Å². The molecule has 0 amide bonds. The highest BCUT2D eigenvalue weighted by molar-refractivity contribution is 5.11. The van der Waals surface area contributed by atoms with Crippen molar-refractivity contribution in [1.29, 1.82) is 0 Å². The zero-order valence-corrected chi connectivity index (χ0v) is 9.99. The molecule has 0 atom stereocenters. The maximum absolute atomic E-state index is 3.70. The summed E-state index contributed by atoms with van der Waals surface area (Å²) in [5, 5.41) is 6.45. The Labute approximate surface area is 92.4 Å². The predicted molar refractivity (Wildman–Crippen MR) is 65.9 cm³/mol. The zero-order valence-electron chi connectivity index (χ0n) is 9.99. The summed E-state index contributed by atoms with van der Waals surface area (Å²) in [7, 11) is 0. The molecule has 0 unspecified atom stereocenters. The highest BCUT2D eigenvalue weighted by atomic mass is 15.1. The number of aromatic nitrogens is 2. The molecule has 1 N–H and O–H groups in total. The molecule has 2 aromatic rings. The highest BCUT2D eigenvalue weighted by Crippen LogP contribution is 1.92. The Bertz CT molecular complexity index is 312. The van der Waals surface area contributed by atoms with Gasteiger partial charge in [0.05, 0.1) is 0 Å². The molecule has 82 valence electrons. The molecule has 2 heteroatoms. The minimum atomic E-state index is 1.11. The Kier molecular flexibility index (Phi) is 8.06. The van der Waals surface area contributed by atoms with E-state index in [2.05, 4.69) is 29.3 Å². The van der Waals surface area contributed by atoms with Crippen LogP contribution in [0.2, 0.25) is 0 Å². The largest absolute Gasteiger partial charge is 0.283 e. The van der Waals surface area contributed by atoms with E-state index in [1.54, 1.807) is 6.20 Å². The van der Waals surface area contributed by atoms with E-state index in [-0.39, 0.29) is 0 Å². The van der Waals surface area contributed by atoms with Crippen LogP contribution in [0.15, 0.2) is 42.6 Å². The Balaban J connectivity index is 0.000000227. The number of hydrogen-bond donors (Lipinski definition) is 1. The van der Waals surface area contributed by atoms with E-state index in [1.165, 1.54) is 5.56 Å². The molecule has 0 aliphatic carbocycles. The number of aromatic amines is 1. The number of hydrogen-bond acceptors (Lipinski definition) is 1. The summed E-state index contributed by atoms with van der Waals surface area (Å²) in [6, 6.07) is 12.2. The van der Waals surface area contributed by atoms with Crippen LogP contribution in [0, 0.1) is 13.8 Å². The van der Waals surface area contributed by atoms with Gasteiger partial charge >= 0.3 is 0 Å². The first-order chi connectivity index (χ1) is 7.29. The smallest absolute Gasteiger partial charge is 0.0489 e. The second kappa shape index (κ2) is 9.00. The van der Waals surface area contributed by atoms with Gasteiger partial charge in [-0.3, -0.25) is 5.10 Å². The van der Waals surface area contributed by atoms with Gasteiger partial charge in [-0.15, -0.1) is 0 Å². The molecule has 2 nitrogen and oxygen atoms in total. The van der Waals surface area contributed by atoms with Crippen molar-refractivity contribution in [2.24, 2.45) is 0 Å². The summed E-state index contributed by atoms with van der Waals surface area (Å²) in [6.07, 6.45) is 1.73. The number of nitrogens with one attached hydrogen (secondary N) is 1. The molecule has 0 fully saturated rings. The summed E-state index contributed by atoms with van der Waals surface area (Å²) in [5.41, 5.74) is 2.43. The fraction of sp³-hybridized carbons (Fsp3) is 0.308. The first kappa shape index (κ1) is 13.4. The number of nitrogens with zero attached hydrogens (tertiary/aromatic N) is 1. The molecule has 0 aliphatic rings. The van der Waals surface area contributed by atoms with Crippen molar-refractivity contribution >= 4 is 0 Å². The van der Waals surface area contributed by atoms with E-state index in [4.69, 9.17) is 0 Å². The summed E-state index contributed by atoms with van der Waals surface area (Å²) >= 11 is 0. The molecule has 0 aliphatic heterocycles. The Hall–Kier alpha value is -1.57. The average molecular weight is 204 g/mol. The minimum absolute atomic E-state index is 1.11. The molecular formula is C13H20N2. The van der Waals surface area contributed by atoms with Crippen LogP contribution in [-0.4, -0.2) is 10.2 Å². The Morgan fingerprint density at radius 3 is 1.73 bits per heavy atom. The van der Waals surface area contributed by atoms with E-state index < -0.39 is 0 Å². The van der Waals surface area contributed by atoms with Crippen molar-refractivity contribution in [2.75, 3.05) is 0 Å². The standard InChI is InChI=1S/C7H8.C4H6N2.C2H6/c1-7-5-3-2-4-6-7;1-4-2-3-5-6-4;1-2/h2-6H,1H3;2-3H,1H3,(H,5,6);1-2H3. The lowest BCUT2D eigenvalue weighted by atomic mass is 10.2. The van der Waals surface area contributed by atoms with Gasteiger partial charge in [0.1, 0.15) is 0 Å². The normalized spacial score (nSPS) is 8.00. The molecule has 1 aromatic heterocycles. The molecule has 2 rings (SSSR count). The van der Waals surface area contributed by atoms with Gasteiger partial charge in [-0.05, 0) is 19.9 Å². The number of rotatable bonds is 0. The summed E-state index contributed by atoms with van der Waals surface area (Å²) in [6.45, 7) is 8.05. The lowest BCUT2D eigenvalue weighted by Crippen LogP contribution is -1.65. The molecule has 1 aromatic carbocycles. The Morgan fingerprint density at radius 2 is 1.53 bits per heavy atom. The van der Waals surface area contributed by atoms with Crippen molar-refractivity contribution in [1.82, 2.24) is 10.2 Å². The molecule has 15 heavy (non-hydrogen) atoms. The van der Waals surface area contributed by atoms with Crippen LogP contribution in [0.4, 0.5) is 0 Å². The SMILES string of the molecule is CC.Cc1ccccc1.Cc1ccn[nH]1.